The zero-order valence-electron chi connectivity index (χ0n) is 33.8. The molecule has 0 atom stereocenters. The van der Waals surface area contributed by atoms with E-state index in [1.165, 1.54) is 54.9 Å². The van der Waals surface area contributed by atoms with Crippen molar-refractivity contribution < 1.29 is 13.2 Å². The third-order valence-electron chi connectivity index (χ3n) is 12.6. The van der Waals surface area contributed by atoms with E-state index in [-0.39, 0.29) is 10.8 Å². The minimum atomic E-state index is -0.937. The van der Waals surface area contributed by atoms with E-state index in [1.54, 1.807) is 0 Å². The highest BCUT2D eigenvalue weighted by molar-refractivity contribution is 7.25. The van der Waals surface area contributed by atoms with Crippen molar-refractivity contribution in [2.45, 2.75) is 44.9 Å². The maximum atomic E-state index is 14.4. The van der Waals surface area contributed by atoms with Gasteiger partial charge in [-0.3, -0.25) is 0 Å². The van der Waals surface area contributed by atoms with E-state index in [9.17, 15) is 8.78 Å². The predicted octanol–water partition coefficient (Wildman–Crippen LogP) is 16.7. The molecule has 0 unspecified atom stereocenters. The second-order valence-corrected chi connectivity index (χ2v) is 18.6. The summed E-state index contributed by atoms with van der Waals surface area (Å²) in [6.45, 7) is 9.54. The molecular formula is C55H41F2NOS. The lowest BCUT2D eigenvalue weighted by atomic mass is 9.82. The molecule has 2 nitrogen and oxygen atoms in total. The summed E-state index contributed by atoms with van der Waals surface area (Å²) in [5, 5.41) is 3.95. The molecule has 0 saturated heterocycles. The van der Waals surface area contributed by atoms with Gasteiger partial charge in [-0.25, -0.2) is 8.78 Å². The Hall–Kier alpha value is -6.56. The highest BCUT2D eigenvalue weighted by Gasteiger charge is 2.42. The molecule has 1 aliphatic rings. The van der Waals surface area contributed by atoms with Gasteiger partial charge in [0.2, 0.25) is 0 Å². The average molecular weight is 802 g/mol. The predicted molar refractivity (Wildman–Crippen MR) is 248 cm³/mol. The third kappa shape index (κ3) is 5.94. The SMILES string of the molecule is CC1(C)CC(C)(C)c2cc3c(cc21)sc1cc(-c2ccc(-c4ccc(N(c5ccc(-c6ccccc6)cc5)c5cccc6c5oc5cc(F)c(F)cc56)cc4)cc2)ccc13. The fourth-order valence-electron chi connectivity index (χ4n) is 9.89. The van der Waals surface area contributed by atoms with Gasteiger partial charge in [0.05, 0.1) is 5.69 Å². The van der Waals surface area contributed by atoms with Crippen LogP contribution >= 0.6 is 11.3 Å². The first-order valence-corrected chi connectivity index (χ1v) is 21.3. The summed E-state index contributed by atoms with van der Waals surface area (Å²) in [5.41, 5.74) is 13.7. The first-order chi connectivity index (χ1) is 29.0. The Balaban J connectivity index is 0.932. The number of benzene rings is 8. The Morgan fingerprint density at radius 1 is 0.467 bits per heavy atom. The van der Waals surface area contributed by atoms with Crippen LogP contribution in [0.25, 0.3) is 75.5 Å². The first kappa shape index (κ1) is 36.5. The van der Waals surface area contributed by atoms with Gasteiger partial charge in [-0.2, -0.15) is 0 Å². The number of halogens is 2. The Kier molecular flexibility index (Phi) is 8.21. The average Bonchev–Trinajstić information content (AvgIpc) is 3.86. The molecule has 2 aromatic heterocycles. The lowest BCUT2D eigenvalue weighted by Crippen LogP contribution is -2.17. The zero-order chi connectivity index (χ0) is 40.9. The van der Waals surface area contributed by atoms with Crippen LogP contribution in [0.1, 0.15) is 45.2 Å². The second kappa shape index (κ2) is 13.5. The zero-order valence-corrected chi connectivity index (χ0v) is 34.6. The van der Waals surface area contributed by atoms with E-state index in [0.717, 1.165) is 45.4 Å². The lowest BCUT2D eigenvalue weighted by molar-refractivity contribution is 0.403. The normalized spacial score (nSPS) is 14.4. The van der Waals surface area contributed by atoms with Crippen molar-refractivity contribution in [1.29, 1.82) is 0 Å². The van der Waals surface area contributed by atoms with Crippen LogP contribution in [-0.4, -0.2) is 0 Å². The molecule has 0 spiro atoms. The van der Waals surface area contributed by atoms with Gasteiger partial charge in [0, 0.05) is 48.4 Å². The highest BCUT2D eigenvalue weighted by atomic mass is 32.1. The Morgan fingerprint density at radius 2 is 1.00 bits per heavy atom. The van der Waals surface area contributed by atoms with Crippen molar-refractivity contribution in [3.63, 3.8) is 0 Å². The van der Waals surface area contributed by atoms with Gasteiger partial charge in [0.25, 0.3) is 0 Å². The van der Waals surface area contributed by atoms with Crippen LogP contribution in [0, 0.1) is 11.6 Å². The van der Waals surface area contributed by atoms with Gasteiger partial charge in [-0.05, 0) is 116 Å². The van der Waals surface area contributed by atoms with Gasteiger partial charge >= 0.3 is 0 Å². The van der Waals surface area contributed by atoms with Crippen LogP contribution in [0.5, 0.6) is 0 Å². The van der Waals surface area contributed by atoms with Crippen LogP contribution in [0.2, 0.25) is 0 Å². The van der Waals surface area contributed by atoms with Crippen molar-refractivity contribution in [1.82, 2.24) is 0 Å². The van der Waals surface area contributed by atoms with E-state index in [1.807, 2.05) is 47.7 Å². The number of thiophene rings is 1. The molecule has 11 rings (SSSR count). The molecule has 8 aromatic carbocycles. The number of hydrogen-bond donors (Lipinski definition) is 0. The first-order valence-electron chi connectivity index (χ1n) is 20.5. The number of fused-ring (bicyclic) bond motifs is 7. The van der Waals surface area contributed by atoms with Gasteiger partial charge in [-0.15, -0.1) is 11.3 Å². The molecule has 292 valence electrons. The molecule has 0 bridgehead atoms. The van der Waals surface area contributed by atoms with E-state index < -0.39 is 11.6 Å². The standard InChI is InChI=1S/C55H41F2NOS/c1-54(2)32-55(3,4)46-30-52-44(28-45(46)54)41-26-21-38(27-51(41)60-52)37-15-13-34(14-16-37)36-19-24-40(25-20-36)58(39-22-17-35(18-23-39)33-9-6-5-7-10-33)49-12-8-11-42-43-29-47(56)48(57)31-50(43)59-53(42)49/h5-31H,32H2,1-4H3. The molecule has 0 saturated carbocycles. The molecule has 5 heteroatoms. The van der Waals surface area contributed by atoms with Crippen molar-refractivity contribution in [2.75, 3.05) is 4.90 Å². The molecular weight excluding hydrogens is 761 g/mol. The van der Waals surface area contributed by atoms with Crippen LogP contribution in [0.4, 0.5) is 25.8 Å². The summed E-state index contributed by atoms with van der Waals surface area (Å²) in [4.78, 5) is 2.14. The van der Waals surface area contributed by atoms with Crippen LogP contribution < -0.4 is 4.90 Å². The molecule has 1 aliphatic carbocycles. The third-order valence-corrected chi connectivity index (χ3v) is 13.7. The molecule has 10 aromatic rings. The number of hydrogen-bond acceptors (Lipinski definition) is 3. The largest absolute Gasteiger partial charge is 0.454 e. The Morgan fingerprint density at radius 3 is 1.65 bits per heavy atom. The van der Waals surface area contributed by atoms with Gasteiger partial charge < -0.3 is 9.32 Å². The van der Waals surface area contributed by atoms with Gasteiger partial charge in [-0.1, -0.05) is 131 Å². The van der Waals surface area contributed by atoms with Crippen LogP contribution in [0.15, 0.2) is 168 Å². The van der Waals surface area contributed by atoms with E-state index in [4.69, 9.17) is 4.42 Å². The highest BCUT2D eigenvalue weighted by Crippen LogP contribution is 2.52. The summed E-state index contributed by atoms with van der Waals surface area (Å²) >= 11 is 1.90. The monoisotopic (exact) mass is 801 g/mol. The number of nitrogens with zero attached hydrogens (tertiary/aromatic N) is 1. The van der Waals surface area contributed by atoms with E-state index >= 15 is 0 Å². The minimum absolute atomic E-state index is 0.174. The van der Waals surface area contributed by atoms with E-state index in [0.29, 0.717) is 21.9 Å². The van der Waals surface area contributed by atoms with Gasteiger partial charge in [0.15, 0.2) is 17.2 Å². The quantitative estimate of drug-likeness (QED) is 0.167. The Labute approximate surface area is 352 Å². The van der Waals surface area contributed by atoms with E-state index in [2.05, 4.69) is 148 Å². The van der Waals surface area contributed by atoms with Crippen molar-refractivity contribution >= 4 is 70.5 Å². The molecule has 60 heavy (non-hydrogen) atoms. The number of para-hydroxylation sites is 1. The van der Waals surface area contributed by atoms with Gasteiger partial charge in [0.1, 0.15) is 5.58 Å². The molecule has 0 fully saturated rings. The van der Waals surface area contributed by atoms with Crippen LogP contribution in [0.3, 0.4) is 0 Å². The van der Waals surface area contributed by atoms with Crippen molar-refractivity contribution in [2.24, 2.45) is 0 Å². The second-order valence-electron chi connectivity index (χ2n) is 17.5. The minimum Gasteiger partial charge on any atom is -0.454 e. The summed E-state index contributed by atoms with van der Waals surface area (Å²) in [7, 11) is 0. The fraction of sp³-hybridized carbons (Fsp3) is 0.127. The summed E-state index contributed by atoms with van der Waals surface area (Å²) < 4.78 is 37.8. The molecule has 2 heterocycles. The Bertz CT molecular complexity index is 3290. The lowest BCUT2D eigenvalue weighted by Gasteiger charge is -2.26. The number of anilines is 3. The fourth-order valence-corrected chi connectivity index (χ4v) is 11.1. The molecule has 0 radical (unpaired) electrons. The summed E-state index contributed by atoms with van der Waals surface area (Å²) in [6.07, 6.45) is 1.17. The molecule has 0 N–H and O–H groups in total. The van der Waals surface area contributed by atoms with Crippen molar-refractivity contribution in [3.8, 4) is 33.4 Å². The number of furan rings is 1. The maximum Gasteiger partial charge on any atom is 0.162 e. The topological polar surface area (TPSA) is 16.4 Å². The maximum absolute atomic E-state index is 14.4. The van der Waals surface area contributed by atoms with Crippen LogP contribution in [-0.2, 0) is 10.8 Å². The molecule has 0 aliphatic heterocycles. The summed E-state index contributed by atoms with van der Waals surface area (Å²) in [5.74, 6) is -1.84. The summed E-state index contributed by atoms with van der Waals surface area (Å²) in [6, 6.07) is 56.0. The van der Waals surface area contributed by atoms with Crippen molar-refractivity contribution in [3.05, 3.63) is 187 Å². The molecule has 0 amide bonds. The smallest absolute Gasteiger partial charge is 0.162 e. The number of rotatable bonds is 6.